The lowest BCUT2D eigenvalue weighted by atomic mass is 10.2. The minimum atomic E-state index is -0.0536. The standard InChI is InChI=1S/C16H19NO4/c1-11(2)20-14-5-4-8-17-16(14)21-13-7-6-12(10-18)9-15(13)19-3/h4-9,11,18H,10H2,1-3H3. The zero-order valence-electron chi connectivity index (χ0n) is 12.4. The van der Waals surface area contributed by atoms with Crippen LogP contribution in [0.4, 0.5) is 0 Å². The number of benzene rings is 1. The third kappa shape index (κ3) is 3.86. The molecule has 0 bridgehead atoms. The first-order chi connectivity index (χ1) is 10.1. The monoisotopic (exact) mass is 289 g/mol. The van der Waals surface area contributed by atoms with Gasteiger partial charge in [-0.15, -0.1) is 0 Å². The van der Waals surface area contributed by atoms with Crippen molar-refractivity contribution in [3.05, 3.63) is 42.1 Å². The highest BCUT2D eigenvalue weighted by atomic mass is 16.5. The summed E-state index contributed by atoms with van der Waals surface area (Å²) in [5.74, 6) is 1.99. The Balaban J connectivity index is 2.30. The molecule has 0 fully saturated rings. The lowest BCUT2D eigenvalue weighted by Gasteiger charge is -2.15. The molecule has 0 unspecified atom stereocenters. The van der Waals surface area contributed by atoms with E-state index < -0.39 is 0 Å². The first-order valence-corrected chi connectivity index (χ1v) is 6.71. The number of rotatable bonds is 6. The van der Waals surface area contributed by atoms with Crippen LogP contribution in [0.5, 0.6) is 23.1 Å². The van der Waals surface area contributed by atoms with Gasteiger partial charge < -0.3 is 19.3 Å². The Kier molecular flexibility index (Phi) is 5.00. The molecule has 2 rings (SSSR count). The summed E-state index contributed by atoms with van der Waals surface area (Å²) in [6, 6.07) is 8.82. The Morgan fingerprint density at radius 3 is 2.62 bits per heavy atom. The van der Waals surface area contributed by atoms with E-state index in [1.54, 1.807) is 43.6 Å². The van der Waals surface area contributed by atoms with Gasteiger partial charge in [0.15, 0.2) is 17.2 Å². The van der Waals surface area contributed by atoms with Gasteiger partial charge in [-0.2, -0.15) is 0 Å². The number of ether oxygens (including phenoxy) is 3. The van der Waals surface area contributed by atoms with Crippen molar-refractivity contribution in [1.29, 1.82) is 0 Å². The minimum absolute atomic E-state index is 0.0233. The fraction of sp³-hybridized carbons (Fsp3) is 0.312. The molecule has 0 spiro atoms. The molecule has 1 aromatic heterocycles. The minimum Gasteiger partial charge on any atom is -0.493 e. The van der Waals surface area contributed by atoms with Gasteiger partial charge in [0.1, 0.15) is 0 Å². The van der Waals surface area contributed by atoms with E-state index in [1.807, 2.05) is 13.8 Å². The van der Waals surface area contributed by atoms with Gasteiger partial charge in [-0.25, -0.2) is 4.98 Å². The van der Waals surface area contributed by atoms with E-state index in [2.05, 4.69) is 4.98 Å². The fourth-order valence-electron chi connectivity index (χ4n) is 1.80. The molecule has 0 atom stereocenters. The zero-order valence-corrected chi connectivity index (χ0v) is 12.4. The van der Waals surface area contributed by atoms with Crippen LogP contribution in [0.2, 0.25) is 0 Å². The number of hydrogen-bond acceptors (Lipinski definition) is 5. The summed E-state index contributed by atoms with van der Waals surface area (Å²) >= 11 is 0. The summed E-state index contributed by atoms with van der Waals surface area (Å²) in [5.41, 5.74) is 0.749. The number of aliphatic hydroxyl groups excluding tert-OH is 1. The maximum atomic E-state index is 9.15. The Morgan fingerprint density at radius 1 is 1.14 bits per heavy atom. The summed E-state index contributed by atoms with van der Waals surface area (Å²) < 4.78 is 16.7. The molecule has 0 aliphatic carbocycles. The maximum absolute atomic E-state index is 9.15. The third-order valence-corrected chi connectivity index (χ3v) is 2.72. The molecule has 5 heteroatoms. The number of methoxy groups -OCH3 is 1. The molecule has 0 amide bonds. The van der Waals surface area contributed by atoms with Crippen LogP contribution in [0.25, 0.3) is 0 Å². The highest BCUT2D eigenvalue weighted by molar-refractivity contribution is 5.46. The molecule has 112 valence electrons. The van der Waals surface area contributed by atoms with Gasteiger partial charge in [0.25, 0.3) is 5.88 Å². The van der Waals surface area contributed by atoms with Crippen molar-refractivity contribution in [2.75, 3.05) is 7.11 Å². The molecule has 2 aromatic rings. The smallest absolute Gasteiger partial charge is 0.262 e. The number of aromatic nitrogens is 1. The number of hydrogen-bond donors (Lipinski definition) is 1. The van der Waals surface area contributed by atoms with Crippen LogP contribution in [0.1, 0.15) is 19.4 Å². The Hall–Kier alpha value is -2.27. The van der Waals surface area contributed by atoms with Crippen molar-refractivity contribution in [3.63, 3.8) is 0 Å². The summed E-state index contributed by atoms with van der Waals surface area (Å²) in [6.07, 6.45) is 1.66. The highest BCUT2D eigenvalue weighted by Crippen LogP contribution is 2.35. The van der Waals surface area contributed by atoms with Gasteiger partial charge in [0.2, 0.25) is 0 Å². The largest absolute Gasteiger partial charge is 0.493 e. The summed E-state index contributed by atoms with van der Waals surface area (Å²) in [5, 5.41) is 9.15. The van der Waals surface area contributed by atoms with Gasteiger partial charge in [-0.1, -0.05) is 6.07 Å². The van der Waals surface area contributed by atoms with Gasteiger partial charge in [-0.3, -0.25) is 0 Å². The molecular weight excluding hydrogens is 270 g/mol. The molecule has 0 saturated heterocycles. The fourth-order valence-corrected chi connectivity index (χ4v) is 1.80. The van der Waals surface area contributed by atoms with Gasteiger partial charge >= 0.3 is 0 Å². The van der Waals surface area contributed by atoms with Crippen LogP contribution < -0.4 is 14.2 Å². The first kappa shape index (κ1) is 15.1. The predicted octanol–water partition coefficient (Wildman–Crippen LogP) is 3.16. The van der Waals surface area contributed by atoms with Crippen LogP contribution in [0, 0.1) is 0 Å². The van der Waals surface area contributed by atoms with Crippen molar-refractivity contribution in [3.8, 4) is 23.1 Å². The average Bonchev–Trinajstić information content (AvgIpc) is 2.49. The van der Waals surface area contributed by atoms with E-state index in [9.17, 15) is 0 Å². The number of aliphatic hydroxyl groups is 1. The van der Waals surface area contributed by atoms with E-state index in [-0.39, 0.29) is 12.7 Å². The average molecular weight is 289 g/mol. The van der Waals surface area contributed by atoms with Gasteiger partial charge in [0.05, 0.1) is 19.8 Å². The van der Waals surface area contributed by atoms with Gasteiger partial charge in [-0.05, 0) is 43.7 Å². The van der Waals surface area contributed by atoms with Crippen LogP contribution in [0.15, 0.2) is 36.5 Å². The van der Waals surface area contributed by atoms with Crippen molar-refractivity contribution in [1.82, 2.24) is 4.98 Å². The molecule has 1 N–H and O–H groups in total. The molecule has 1 aromatic carbocycles. The maximum Gasteiger partial charge on any atom is 0.262 e. The second kappa shape index (κ2) is 6.95. The van der Waals surface area contributed by atoms with Crippen LogP contribution >= 0.6 is 0 Å². The molecule has 1 heterocycles. The van der Waals surface area contributed by atoms with Crippen LogP contribution in [-0.4, -0.2) is 23.3 Å². The van der Waals surface area contributed by atoms with Crippen LogP contribution in [0.3, 0.4) is 0 Å². The summed E-state index contributed by atoms with van der Waals surface area (Å²) in [4.78, 5) is 4.19. The molecule has 0 saturated carbocycles. The normalized spacial score (nSPS) is 10.5. The van der Waals surface area contributed by atoms with E-state index in [0.717, 1.165) is 5.56 Å². The second-order valence-corrected chi connectivity index (χ2v) is 4.72. The number of pyridine rings is 1. The Morgan fingerprint density at radius 2 is 1.95 bits per heavy atom. The number of nitrogens with zero attached hydrogens (tertiary/aromatic N) is 1. The Bertz CT molecular complexity index is 599. The van der Waals surface area contributed by atoms with E-state index >= 15 is 0 Å². The van der Waals surface area contributed by atoms with Crippen molar-refractivity contribution >= 4 is 0 Å². The summed E-state index contributed by atoms with van der Waals surface area (Å²) in [6.45, 7) is 3.82. The van der Waals surface area contributed by atoms with Gasteiger partial charge in [0, 0.05) is 6.20 Å². The molecule has 21 heavy (non-hydrogen) atoms. The van der Waals surface area contributed by atoms with Crippen LogP contribution in [-0.2, 0) is 6.61 Å². The Labute approximate surface area is 124 Å². The van der Waals surface area contributed by atoms with E-state index in [0.29, 0.717) is 23.1 Å². The molecule has 0 aliphatic rings. The molecular formula is C16H19NO4. The quantitative estimate of drug-likeness (QED) is 0.885. The topological polar surface area (TPSA) is 60.8 Å². The van der Waals surface area contributed by atoms with Crippen molar-refractivity contribution < 1.29 is 19.3 Å². The zero-order chi connectivity index (χ0) is 15.2. The van der Waals surface area contributed by atoms with Crippen molar-refractivity contribution in [2.24, 2.45) is 0 Å². The van der Waals surface area contributed by atoms with Crippen molar-refractivity contribution in [2.45, 2.75) is 26.6 Å². The van der Waals surface area contributed by atoms with E-state index in [1.165, 1.54) is 0 Å². The first-order valence-electron chi connectivity index (χ1n) is 6.71. The molecule has 0 radical (unpaired) electrons. The molecule has 0 aliphatic heterocycles. The SMILES string of the molecule is COc1cc(CO)ccc1Oc1ncccc1OC(C)C. The lowest BCUT2D eigenvalue weighted by Crippen LogP contribution is -2.07. The van der Waals surface area contributed by atoms with E-state index in [4.69, 9.17) is 19.3 Å². The third-order valence-electron chi connectivity index (χ3n) is 2.72. The molecule has 5 nitrogen and oxygen atoms in total. The highest BCUT2D eigenvalue weighted by Gasteiger charge is 2.12. The summed E-state index contributed by atoms with van der Waals surface area (Å²) in [7, 11) is 1.55. The predicted molar refractivity (Wildman–Crippen MR) is 79.0 cm³/mol. The second-order valence-electron chi connectivity index (χ2n) is 4.72. The lowest BCUT2D eigenvalue weighted by molar-refractivity contribution is 0.230.